The third-order valence-corrected chi connectivity index (χ3v) is 10.9. The fraction of sp³-hybridized carbons (Fsp3) is 0.500. The zero-order chi connectivity index (χ0) is 36.4. The second-order valence-corrected chi connectivity index (χ2v) is 14.2. The molecule has 51 heavy (non-hydrogen) atoms. The maximum atomic E-state index is 15.2. The molecule has 8 atom stereocenters. The van der Waals surface area contributed by atoms with Crippen LogP contribution in [-0.2, 0) is 28.7 Å². The second-order valence-electron chi connectivity index (χ2n) is 14.2. The van der Waals surface area contributed by atoms with Gasteiger partial charge in [-0.25, -0.2) is 0 Å². The molecule has 0 saturated carbocycles. The molecule has 4 heterocycles. The van der Waals surface area contributed by atoms with Crippen LogP contribution < -0.4 is 15.1 Å². The number of nitrogens with zero attached hydrogens (tertiary/aromatic N) is 3. The number of anilines is 2. The zero-order valence-corrected chi connectivity index (χ0v) is 30.1. The van der Waals surface area contributed by atoms with Crippen molar-refractivity contribution in [2.24, 2.45) is 17.8 Å². The van der Waals surface area contributed by atoms with Crippen LogP contribution in [0.15, 0.2) is 78.9 Å². The molecule has 5 bridgehead atoms. The van der Waals surface area contributed by atoms with E-state index in [4.69, 9.17) is 9.47 Å². The summed E-state index contributed by atoms with van der Waals surface area (Å²) in [7, 11) is 0. The number of allylic oxidation sites excluding steroid dienone is 1. The Balaban J connectivity index is 1.46. The molecule has 0 aromatic heterocycles. The number of nitrogens with one attached hydrogen (secondary N) is 1. The summed E-state index contributed by atoms with van der Waals surface area (Å²) >= 11 is 0. The Morgan fingerprint density at radius 2 is 1.69 bits per heavy atom. The van der Waals surface area contributed by atoms with Crippen LogP contribution in [0.1, 0.15) is 59.1 Å². The summed E-state index contributed by atoms with van der Waals surface area (Å²) in [5, 5.41) is 13.7. The van der Waals surface area contributed by atoms with Crippen molar-refractivity contribution in [3.05, 3.63) is 84.5 Å². The number of benzene rings is 2. The van der Waals surface area contributed by atoms with E-state index in [2.05, 4.69) is 24.1 Å². The predicted molar refractivity (Wildman–Crippen MR) is 194 cm³/mol. The molecule has 1 spiro atoms. The van der Waals surface area contributed by atoms with Gasteiger partial charge in [0.25, 0.3) is 5.91 Å². The minimum Gasteiger partial charge on any atom is -0.455 e. The van der Waals surface area contributed by atoms with E-state index in [9.17, 15) is 19.5 Å². The number of hydrogen-bond acceptors (Lipinski definition) is 8. The molecule has 2 N–H and O–H groups in total. The van der Waals surface area contributed by atoms with Gasteiger partial charge in [-0.3, -0.25) is 19.2 Å². The molecule has 0 unspecified atom stereocenters. The van der Waals surface area contributed by atoms with Gasteiger partial charge < -0.3 is 34.6 Å². The lowest BCUT2D eigenvalue weighted by molar-refractivity contribution is -0.161. The van der Waals surface area contributed by atoms with Crippen molar-refractivity contribution in [1.82, 2.24) is 10.2 Å². The standard InChI is InChI=1S/C40H50N4O7/c1-6-42(7-2)28-17-19-29(20-18-28)43-23-13-9-12-16-32(46)41-26(5)35(27-14-10-8-11-15-27)50-39(49)33-31-21-22-40(51-31)34(33)37(47)44(36(40)38(43)48)30(24-45)25(3)4/h8-11,13-15,17-22,25-26,30-31,33-36,45H,6-7,12,16,23-24H2,1-5H3,(H,41,46)/b13-9-/t26-,30-,31+,33-,34-,35+,36+,40-/m0/s1. The highest BCUT2D eigenvalue weighted by molar-refractivity contribution is 6.05. The lowest BCUT2D eigenvalue weighted by Crippen LogP contribution is -2.59. The summed E-state index contributed by atoms with van der Waals surface area (Å²) in [5.74, 6) is -3.97. The summed E-state index contributed by atoms with van der Waals surface area (Å²) in [6, 6.07) is 14.5. The molecule has 272 valence electrons. The Morgan fingerprint density at radius 3 is 2.33 bits per heavy atom. The van der Waals surface area contributed by atoms with Crippen molar-refractivity contribution in [1.29, 1.82) is 0 Å². The van der Waals surface area contributed by atoms with Gasteiger partial charge in [-0.15, -0.1) is 0 Å². The lowest BCUT2D eigenvalue weighted by Gasteiger charge is -2.40. The van der Waals surface area contributed by atoms with Crippen LogP contribution in [0.4, 0.5) is 11.4 Å². The number of aliphatic hydroxyl groups is 1. The van der Waals surface area contributed by atoms with Crippen LogP contribution in [0.25, 0.3) is 0 Å². The Morgan fingerprint density at radius 1 is 0.980 bits per heavy atom. The van der Waals surface area contributed by atoms with Gasteiger partial charge >= 0.3 is 5.97 Å². The first-order valence-corrected chi connectivity index (χ1v) is 18.2. The number of carbonyl (C=O) groups is 4. The van der Waals surface area contributed by atoms with Crippen LogP contribution in [0.5, 0.6) is 0 Å². The number of ether oxygens (including phenoxy) is 2. The molecule has 11 heteroatoms. The predicted octanol–water partition coefficient (Wildman–Crippen LogP) is 4.17. The van der Waals surface area contributed by atoms with Gasteiger partial charge in [0.2, 0.25) is 11.8 Å². The molecule has 0 aliphatic carbocycles. The minimum atomic E-state index is -1.45. The zero-order valence-electron chi connectivity index (χ0n) is 30.1. The van der Waals surface area contributed by atoms with Crippen LogP contribution in [0, 0.1) is 17.8 Å². The smallest absolute Gasteiger partial charge is 0.313 e. The van der Waals surface area contributed by atoms with Gasteiger partial charge in [-0.05, 0) is 62.9 Å². The normalized spacial score (nSPS) is 30.7. The van der Waals surface area contributed by atoms with E-state index in [1.165, 1.54) is 4.90 Å². The summed E-state index contributed by atoms with van der Waals surface area (Å²) in [6.07, 6.45) is 6.25. The Hall–Kier alpha value is -4.48. The SMILES string of the molecule is CCN(CC)c1ccc(N2C/C=C\CCC(=O)N[C@@H](C)[C@H](c3ccccc3)OC(=O)[C@@H]3[C@H]4C(=O)N([C@@H](CO)C(C)C)[C@H](C2=O)[C@]42C=C[C@H]3O2)cc1. The molecule has 2 aromatic rings. The largest absolute Gasteiger partial charge is 0.455 e. The first-order valence-electron chi connectivity index (χ1n) is 18.2. The van der Waals surface area contributed by atoms with Gasteiger partial charge in [0.1, 0.15) is 23.7 Å². The number of amides is 3. The average molecular weight is 699 g/mol. The van der Waals surface area contributed by atoms with E-state index in [0.717, 1.165) is 18.8 Å². The molecule has 3 amide bonds. The van der Waals surface area contributed by atoms with Crippen molar-refractivity contribution in [2.75, 3.05) is 36.0 Å². The highest BCUT2D eigenvalue weighted by Gasteiger charge is 2.74. The number of esters is 1. The molecular formula is C40H50N4O7. The summed E-state index contributed by atoms with van der Waals surface area (Å²) < 4.78 is 12.9. The maximum Gasteiger partial charge on any atom is 0.313 e. The van der Waals surface area contributed by atoms with Crippen LogP contribution >= 0.6 is 0 Å². The van der Waals surface area contributed by atoms with Crippen LogP contribution in [0.2, 0.25) is 0 Å². The highest BCUT2D eigenvalue weighted by atomic mass is 16.6. The monoisotopic (exact) mass is 698 g/mol. The number of hydrogen-bond donors (Lipinski definition) is 2. The maximum absolute atomic E-state index is 15.2. The Labute approximate surface area is 300 Å². The first-order chi connectivity index (χ1) is 24.6. The van der Waals surface area contributed by atoms with E-state index in [-0.39, 0.29) is 37.3 Å². The third-order valence-electron chi connectivity index (χ3n) is 10.9. The first kappa shape index (κ1) is 36.3. The van der Waals surface area contributed by atoms with Gasteiger partial charge in [-0.2, -0.15) is 0 Å². The topological polar surface area (TPSA) is 129 Å². The molecule has 2 aromatic carbocycles. The number of likely N-dealkylation sites (tertiary alicyclic amines) is 1. The van der Waals surface area contributed by atoms with Crippen LogP contribution in [-0.4, -0.2) is 89.8 Å². The number of cyclic esters (lactones) is 1. The fourth-order valence-electron chi connectivity index (χ4n) is 8.26. The quantitative estimate of drug-likeness (QED) is 0.311. The molecule has 4 aliphatic heterocycles. The van der Waals surface area contributed by atoms with Gasteiger partial charge in [0, 0.05) is 37.4 Å². The molecule has 0 radical (unpaired) electrons. The molecule has 11 nitrogen and oxygen atoms in total. The molecule has 2 saturated heterocycles. The van der Waals surface area contributed by atoms with E-state index < -0.39 is 59.6 Å². The van der Waals surface area contributed by atoms with E-state index in [1.54, 1.807) is 24.0 Å². The lowest BCUT2D eigenvalue weighted by atomic mass is 9.74. The number of carbonyl (C=O) groups excluding carboxylic acids is 4. The molecular weight excluding hydrogens is 648 g/mol. The van der Waals surface area contributed by atoms with E-state index in [0.29, 0.717) is 17.7 Å². The summed E-state index contributed by atoms with van der Waals surface area (Å²) in [6.45, 7) is 11.2. The Bertz CT molecular complexity index is 1660. The van der Waals surface area contributed by atoms with Gasteiger partial charge in [0.05, 0.1) is 30.7 Å². The Kier molecular flexibility index (Phi) is 10.7. The number of rotatable bonds is 8. The number of aliphatic hydroxyl groups excluding tert-OH is 1. The van der Waals surface area contributed by atoms with Crippen molar-refractivity contribution >= 4 is 35.1 Å². The highest BCUT2D eigenvalue weighted by Crippen LogP contribution is 2.56. The minimum absolute atomic E-state index is 0.168. The molecule has 6 rings (SSSR count). The molecule has 4 aliphatic rings. The number of fused-ring (bicyclic) bond motifs is 2. The van der Waals surface area contributed by atoms with Crippen molar-refractivity contribution in [2.45, 2.75) is 83.4 Å². The molecule has 2 fully saturated rings. The summed E-state index contributed by atoms with van der Waals surface area (Å²) in [4.78, 5) is 62.7. The third kappa shape index (κ3) is 6.57. The van der Waals surface area contributed by atoms with Crippen molar-refractivity contribution in [3.8, 4) is 0 Å². The van der Waals surface area contributed by atoms with Gasteiger partial charge in [0.15, 0.2) is 0 Å². The second kappa shape index (κ2) is 15.0. The summed E-state index contributed by atoms with van der Waals surface area (Å²) in [5.41, 5.74) is 0.885. The van der Waals surface area contributed by atoms with E-state index in [1.807, 2.05) is 80.6 Å². The van der Waals surface area contributed by atoms with Crippen molar-refractivity contribution < 1.29 is 33.8 Å². The average Bonchev–Trinajstić information content (AvgIpc) is 3.77. The van der Waals surface area contributed by atoms with Gasteiger partial charge in [-0.1, -0.05) is 68.5 Å². The van der Waals surface area contributed by atoms with Crippen molar-refractivity contribution in [3.63, 3.8) is 0 Å². The van der Waals surface area contributed by atoms with E-state index >= 15 is 4.79 Å². The fourth-order valence-corrected chi connectivity index (χ4v) is 8.26. The van der Waals surface area contributed by atoms with Crippen LogP contribution in [0.3, 0.4) is 0 Å².